The third-order valence-electron chi connectivity index (χ3n) is 7.25. The number of nitrogens with one attached hydrogen (secondary N) is 1. The average molecular weight is 375 g/mol. The largest absolute Gasteiger partial charge is 0.392 e. The second kappa shape index (κ2) is 7.55. The summed E-state index contributed by atoms with van der Waals surface area (Å²) < 4.78 is 0. The zero-order valence-corrected chi connectivity index (χ0v) is 16.8. The third-order valence-corrected chi connectivity index (χ3v) is 7.25. The fraction of sp³-hybridized carbons (Fsp3) is 0.810. The first-order valence-corrected chi connectivity index (χ1v) is 10.7. The number of nitrogens with zero attached hydrogens (tertiary/aromatic N) is 3. The molecule has 6 heteroatoms. The molecule has 1 aliphatic carbocycles. The SMILES string of the molecule is Cc1n[nH]c(C)c1CN1CC[C@@H](O)[C@]2(CCCN(C(=O)C3CCCC3)C2)C1. The van der Waals surface area contributed by atoms with Crippen molar-refractivity contribution in [2.24, 2.45) is 11.3 Å². The van der Waals surface area contributed by atoms with E-state index in [4.69, 9.17) is 0 Å². The van der Waals surface area contributed by atoms with Crippen LogP contribution >= 0.6 is 0 Å². The molecule has 1 saturated carbocycles. The molecule has 2 atom stereocenters. The second-order valence-corrected chi connectivity index (χ2v) is 9.13. The number of likely N-dealkylation sites (tertiary alicyclic amines) is 2. The Labute approximate surface area is 162 Å². The number of aliphatic hydroxyl groups is 1. The van der Waals surface area contributed by atoms with Gasteiger partial charge in [-0.2, -0.15) is 5.10 Å². The number of piperidine rings is 2. The van der Waals surface area contributed by atoms with Gasteiger partial charge in [-0.05, 0) is 46.0 Å². The minimum atomic E-state index is -0.306. The van der Waals surface area contributed by atoms with Gasteiger partial charge in [0.25, 0.3) is 0 Å². The first-order valence-electron chi connectivity index (χ1n) is 10.7. The number of rotatable bonds is 3. The average Bonchev–Trinajstić information content (AvgIpc) is 3.30. The zero-order chi connectivity index (χ0) is 19.0. The first kappa shape index (κ1) is 18.9. The van der Waals surface area contributed by atoms with Crippen molar-refractivity contribution in [2.45, 2.75) is 71.4 Å². The standard InChI is InChI=1S/C21H34N4O2/c1-15-18(16(2)23-22-15)12-24-11-8-19(26)21(13-24)9-5-10-25(14-21)20(27)17-6-3-4-7-17/h17,19,26H,3-14H2,1-2H3,(H,22,23)/t19-,21-/m1/s1. The molecule has 3 aliphatic rings. The molecule has 0 bridgehead atoms. The molecule has 1 aromatic rings. The van der Waals surface area contributed by atoms with Gasteiger partial charge in [-0.15, -0.1) is 0 Å². The van der Waals surface area contributed by atoms with Crippen molar-refractivity contribution in [3.05, 3.63) is 17.0 Å². The summed E-state index contributed by atoms with van der Waals surface area (Å²) in [4.78, 5) is 17.5. The first-order chi connectivity index (χ1) is 13.0. The van der Waals surface area contributed by atoms with Crippen molar-refractivity contribution in [3.63, 3.8) is 0 Å². The molecular weight excluding hydrogens is 340 g/mol. The van der Waals surface area contributed by atoms with Crippen LogP contribution in [0.25, 0.3) is 0 Å². The monoisotopic (exact) mass is 374 g/mol. The summed E-state index contributed by atoms with van der Waals surface area (Å²) >= 11 is 0. The van der Waals surface area contributed by atoms with E-state index in [0.29, 0.717) is 5.91 Å². The number of aliphatic hydroxyl groups excluding tert-OH is 1. The second-order valence-electron chi connectivity index (χ2n) is 9.13. The van der Waals surface area contributed by atoms with Crippen LogP contribution in [0.3, 0.4) is 0 Å². The van der Waals surface area contributed by atoms with Crippen molar-refractivity contribution < 1.29 is 9.90 Å². The number of amides is 1. The summed E-state index contributed by atoms with van der Waals surface area (Å²) in [5.41, 5.74) is 3.30. The molecule has 150 valence electrons. The van der Waals surface area contributed by atoms with Crippen molar-refractivity contribution in [1.82, 2.24) is 20.0 Å². The van der Waals surface area contributed by atoms with Crippen LogP contribution in [0.5, 0.6) is 0 Å². The molecule has 0 unspecified atom stereocenters. The minimum absolute atomic E-state index is 0.170. The molecule has 3 heterocycles. The summed E-state index contributed by atoms with van der Waals surface area (Å²) in [6, 6.07) is 0. The van der Waals surface area contributed by atoms with Crippen LogP contribution in [0, 0.1) is 25.2 Å². The number of carbonyl (C=O) groups is 1. The summed E-state index contributed by atoms with van der Waals surface area (Å²) in [5, 5.41) is 18.3. The Bertz CT molecular complexity index is 662. The van der Waals surface area contributed by atoms with E-state index in [0.717, 1.165) is 76.2 Å². The summed E-state index contributed by atoms with van der Waals surface area (Å²) in [7, 11) is 0. The molecule has 27 heavy (non-hydrogen) atoms. The topological polar surface area (TPSA) is 72.5 Å². The highest BCUT2D eigenvalue weighted by Crippen LogP contribution is 2.40. The van der Waals surface area contributed by atoms with Crippen LogP contribution in [0.2, 0.25) is 0 Å². The molecule has 1 amide bonds. The van der Waals surface area contributed by atoms with Gasteiger partial charge < -0.3 is 10.0 Å². The number of hydrogen-bond acceptors (Lipinski definition) is 4. The number of hydrogen-bond donors (Lipinski definition) is 2. The predicted octanol–water partition coefficient (Wildman–Crippen LogP) is 2.39. The Morgan fingerprint density at radius 1 is 1.19 bits per heavy atom. The van der Waals surface area contributed by atoms with E-state index in [1.165, 1.54) is 18.4 Å². The van der Waals surface area contributed by atoms with Crippen LogP contribution in [-0.4, -0.2) is 63.3 Å². The number of aromatic nitrogens is 2. The van der Waals surface area contributed by atoms with Crippen LogP contribution < -0.4 is 0 Å². The molecule has 0 aromatic carbocycles. The van der Waals surface area contributed by atoms with Crippen LogP contribution in [0.1, 0.15) is 61.9 Å². The number of aromatic amines is 1. The Hall–Kier alpha value is -1.40. The Kier molecular flexibility index (Phi) is 5.30. The molecule has 1 aromatic heterocycles. The zero-order valence-electron chi connectivity index (χ0n) is 16.8. The van der Waals surface area contributed by atoms with Gasteiger partial charge in [-0.3, -0.25) is 14.8 Å². The highest BCUT2D eigenvalue weighted by Gasteiger charge is 2.47. The lowest BCUT2D eigenvalue weighted by atomic mass is 9.71. The molecule has 6 nitrogen and oxygen atoms in total. The van der Waals surface area contributed by atoms with Crippen molar-refractivity contribution in [1.29, 1.82) is 0 Å². The van der Waals surface area contributed by atoms with Gasteiger partial charge in [0.05, 0.1) is 11.8 Å². The molecule has 4 rings (SSSR count). The fourth-order valence-corrected chi connectivity index (χ4v) is 5.59. The molecular formula is C21H34N4O2. The smallest absolute Gasteiger partial charge is 0.225 e. The van der Waals surface area contributed by atoms with Crippen LogP contribution in [-0.2, 0) is 11.3 Å². The van der Waals surface area contributed by atoms with E-state index >= 15 is 0 Å². The van der Waals surface area contributed by atoms with Crippen molar-refractivity contribution in [3.8, 4) is 0 Å². The highest BCUT2D eigenvalue weighted by molar-refractivity contribution is 5.79. The minimum Gasteiger partial charge on any atom is -0.392 e. The molecule has 2 aliphatic heterocycles. The van der Waals surface area contributed by atoms with Gasteiger partial charge in [0.15, 0.2) is 0 Å². The lowest BCUT2D eigenvalue weighted by Crippen LogP contribution is -2.60. The van der Waals surface area contributed by atoms with E-state index in [-0.39, 0.29) is 17.4 Å². The maximum Gasteiger partial charge on any atom is 0.225 e. The molecule has 1 spiro atoms. The lowest BCUT2D eigenvalue weighted by Gasteiger charge is -2.51. The summed E-state index contributed by atoms with van der Waals surface area (Å²) in [6.45, 7) is 8.37. The van der Waals surface area contributed by atoms with E-state index in [2.05, 4.69) is 33.8 Å². The lowest BCUT2D eigenvalue weighted by molar-refractivity contribution is -0.145. The quantitative estimate of drug-likeness (QED) is 0.852. The van der Waals surface area contributed by atoms with E-state index in [1.807, 2.05) is 0 Å². The normalized spacial score (nSPS) is 30.3. The summed E-state index contributed by atoms with van der Waals surface area (Å²) in [5.74, 6) is 0.575. The van der Waals surface area contributed by atoms with Crippen LogP contribution in [0.15, 0.2) is 0 Å². The van der Waals surface area contributed by atoms with Gasteiger partial charge in [-0.1, -0.05) is 12.8 Å². The van der Waals surface area contributed by atoms with Gasteiger partial charge >= 0.3 is 0 Å². The summed E-state index contributed by atoms with van der Waals surface area (Å²) in [6.07, 6.45) is 6.99. The maximum absolute atomic E-state index is 13.0. The third kappa shape index (κ3) is 3.66. The Balaban J connectivity index is 1.47. The molecule has 2 saturated heterocycles. The molecule has 2 N–H and O–H groups in total. The van der Waals surface area contributed by atoms with Gasteiger partial charge in [0.1, 0.15) is 0 Å². The van der Waals surface area contributed by atoms with Gasteiger partial charge in [0.2, 0.25) is 5.91 Å². The van der Waals surface area contributed by atoms with E-state index < -0.39 is 0 Å². The van der Waals surface area contributed by atoms with E-state index in [9.17, 15) is 9.90 Å². The Morgan fingerprint density at radius 2 is 1.96 bits per heavy atom. The number of carbonyl (C=O) groups excluding carboxylic acids is 1. The predicted molar refractivity (Wildman–Crippen MR) is 104 cm³/mol. The van der Waals surface area contributed by atoms with Crippen LogP contribution in [0.4, 0.5) is 0 Å². The van der Waals surface area contributed by atoms with E-state index in [1.54, 1.807) is 0 Å². The number of aryl methyl sites for hydroxylation is 2. The Morgan fingerprint density at radius 3 is 2.67 bits per heavy atom. The number of H-pyrrole nitrogens is 1. The van der Waals surface area contributed by atoms with Gasteiger partial charge in [-0.25, -0.2) is 0 Å². The molecule has 0 radical (unpaired) electrons. The van der Waals surface area contributed by atoms with Crippen molar-refractivity contribution in [2.75, 3.05) is 26.2 Å². The maximum atomic E-state index is 13.0. The highest BCUT2D eigenvalue weighted by atomic mass is 16.3. The fourth-order valence-electron chi connectivity index (χ4n) is 5.59. The molecule has 3 fully saturated rings. The van der Waals surface area contributed by atoms with Crippen molar-refractivity contribution >= 4 is 5.91 Å². The van der Waals surface area contributed by atoms with Gasteiger partial charge in [0, 0.05) is 55.3 Å².